The summed E-state index contributed by atoms with van der Waals surface area (Å²) in [5, 5.41) is 13.8. The van der Waals surface area contributed by atoms with Crippen molar-refractivity contribution in [2.24, 2.45) is 0 Å². The number of hydrogen-bond acceptors (Lipinski definition) is 5. The van der Waals surface area contributed by atoms with Gasteiger partial charge in [0, 0.05) is 23.5 Å². The second-order valence-electron chi connectivity index (χ2n) is 6.88. The number of H-pyrrole nitrogens is 1. The standard InChI is InChI=1S/C20H14F3N5O2/c21-10-3-1-9(2-4-10)17-16(11-7-12(22)13(23)8-15(11)25-17)19-27-28-20(30-19)26-14-5-6-24-18(14)29/h1-4,7-8,14,25H,5-6H2,(H,24,29)(H,26,28)/t14-/m0/s1. The van der Waals surface area contributed by atoms with E-state index in [1.54, 1.807) is 0 Å². The number of nitrogens with zero attached hydrogens (tertiary/aromatic N) is 2. The molecule has 5 rings (SSSR count). The van der Waals surface area contributed by atoms with Gasteiger partial charge in [0.2, 0.25) is 5.91 Å². The molecule has 152 valence electrons. The van der Waals surface area contributed by atoms with Gasteiger partial charge in [0.05, 0.1) is 11.3 Å². The number of aromatic nitrogens is 3. The summed E-state index contributed by atoms with van der Waals surface area (Å²) >= 11 is 0. The van der Waals surface area contributed by atoms with Crippen molar-refractivity contribution < 1.29 is 22.4 Å². The summed E-state index contributed by atoms with van der Waals surface area (Å²) in [5.41, 5.74) is 1.65. The van der Waals surface area contributed by atoms with E-state index >= 15 is 0 Å². The first-order chi connectivity index (χ1) is 14.5. The molecule has 3 heterocycles. The summed E-state index contributed by atoms with van der Waals surface area (Å²) < 4.78 is 46.8. The van der Waals surface area contributed by atoms with Crippen LogP contribution in [0.25, 0.3) is 33.6 Å². The fourth-order valence-electron chi connectivity index (χ4n) is 3.51. The van der Waals surface area contributed by atoms with Crippen molar-refractivity contribution in [2.75, 3.05) is 11.9 Å². The van der Waals surface area contributed by atoms with Gasteiger partial charge in [-0.1, -0.05) is 5.10 Å². The largest absolute Gasteiger partial charge is 0.403 e. The molecule has 3 N–H and O–H groups in total. The third-order valence-electron chi connectivity index (χ3n) is 4.96. The molecule has 1 aliphatic heterocycles. The molecule has 1 amide bonds. The smallest absolute Gasteiger partial charge is 0.316 e. The highest BCUT2D eigenvalue weighted by atomic mass is 19.2. The van der Waals surface area contributed by atoms with E-state index in [2.05, 4.69) is 25.8 Å². The molecule has 0 spiro atoms. The number of aromatic amines is 1. The Balaban J connectivity index is 1.63. The van der Waals surface area contributed by atoms with Crippen molar-refractivity contribution in [1.29, 1.82) is 0 Å². The predicted molar refractivity (Wildman–Crippen MR) is 102 cm³/mol. The Morgan fingerprint density at radius 3 is 2.57 bits per heavy atom. The molecule has 30 heavy (non-hydrogen) atoms. The van der Waals surface area contributed by atoms with E-state index in [0.717, 1.165) is 12.1 Å². The molecule has 0 aliphatic carbocycles. The Kier molecular flexibility index (Phi) is 4.19. The number of fused-ring (bicyclic) bond motifs is 1. The van der Waals surface area contributed by atoms with Crippen LogP contribution < -0.4 is 10.6 Å². The maximum Gasteiger partial charge on any atom is 0.316 e. The van der Waals surface area contributed by atoms with E-state index < -0.39 is 23.5 Å². The Morgan fingerprint density at radius 2 is 1.83 bits per heavy atom. The molecule has 4 aromatic rings. The summed E-state index contributed by atoms with van der Waals surface area (Å²) in [5.74, 6) is -2.61. The van der Waals surface area contributed by atoms with Crippen molar-refractivity contribution in [3.05, 3.63) is 53.8 Å². The first kappa shape index (κ1) is 18.2. The highest BCUT2D eigenvalue weighted by Gasteiger charge is 2.27. The van der Waals surface area contributed by atoms with E-state index in [-0.39, 0.29) is 17.8 Å². The maximum atomic E-state index is 14.0. The molecule has 2 aromatic carbocycles. The molecule has 1 atom stereocenters. The minimum absolute atomic E-state index is 0.0223. The maximum absolute atomic E-state index is 14.0. The van der Waals surface area contributed by atoms with Gasteiger partial charge in [-0.3, -0.25) is 4.79 Å². The lowest BCUT2D eigenvalue weighted by molar-refractivity contribution is -0.119. The lowest BCUT2D eigenvalue weighted by Gasteiger charge is -2.05. The molecule has 0 unspecified atom stereocenters. The Morgan fingerprint density at radius 1 is 1.07 bits per heavy atom. The lowest BCUT2D eigenvalue weighted by Crippen LogP contribution is -2.29. The van der Waals surface area contributed by atoms with Crippen molar-refractivity contribution in [2.45, 2.75) is 12.5 Å². The number of carbonyl (C=O) groups is 1. The highest BCUT2D eigenvalue weighted by molar-refractivity contribution is 6.02. The highest BCUT2D eigenvalue weighted by Crippen LogP contribution is 2.39. The fraction of sp³-hybridized carbons (Fsp3) is 0.150. The van der Waals surface area contributed by atoms with Crippen LogP contribution in [0.2, 0.25) is 0 Å². The molecule has 1 saturated heterocycles. The average Bonchev–Trinajstić information content (AvgIpc) is 3.43. The zero-order chi connectivity index (χ0) is 20.8. The number of halogens is 3. The van der Waals surface area contributed by atoms with Crippen LogP contribution in [-0.4, -0.2) is 33.7 Å². The lowest BCUT2D eigenvalue weighted by atomic mass is 10.0. The number of nitrogens with one attached hydrogen (secondary N) is 3. The fourth-order valence-corrected chi connectivity index (χ4v) is 3.51. The molecule has 0 bridgehead atoms. The van der Waals surface area contributed by atoms with E-state index in [4.69, 9.17) is 4.42 Å². The van der Waals surface area contributed by atoms with Crippen LogP contribution in [0.1, 0.15) is 6.42 Å². The van der Waals surface area contributed by atoms with Crippen LogP contribution >= 0.6 is 0 Å². The Bertz CT molecular complexity index is 1270. The third kappa shape index (κ3) is 3.06. The summed E-state index contributed by atoms with van der Waals surface area (Å²) in [6.45, 7) is 0.541. The SMILES string of the molecule is O=C1NCC[C@@H]1Nc1nnc(-c2c(-c3ccc(F)cc3)[nH]c3cc(F)c(F)cc23)o1. The van der Waals surface area contributed by atoms with Crippen LogP contribution in [0.5, 0.6) is 0 Å². The second kappa shape index (κ2) is 6.90. The van der Waals surface area contributed by atoms with Crippen LogP contribution in [0.3, 0.4) is 0 Å². The van der Waals surface area contributed by atoms with Gasteiger partial charge in [-0.25, -0.2) is 13.2 Å². The molecule has 0 saturated carbocycles. The molecule has 2 aromatic heterocycles. The van der Waals surface area contributed by atoms with Gasteiger partial charge in [0.25, 0.3) is 5.89 Å². The molecular formula is C20H14F3N5O2. The van der Waals surface area contributed by atoms with E-state index in [1.165, 1.54) is 24.3 Å². The van der Waals surface area contributed by atoms with Gasteiger partial charge in [-0.2, -0.15) is 0 Å². The molecule has 0 radical (unpaired) electrons. The normalized spacial score (nSPS) is 16.2. The Labute approximate surface area is 167 Å². The monoisotopic (exact) mass is 413 g/mol. The predicted octanol–water partition coefficient (Wildman–Crippen LogP) is 3.60. The van der Waals surface area contributed by atoms with Gasteiger partial charge in [-0.15, -0.1) is 5.10 Å². The summed E-state index contributed by atoms with van der Waals surface area (Å²) in [7, 11) is 0. The topological polar surface area (TPSA) is 95.8 Å². The quantitative estimate of drug-likeness (QED) is 0.475. The van der Waals surface area contributed by atoms with Crippen LogP contribution in [-0.2, 0) is 4.79 Å². The summed E-state index contributed by atoms with van der Waals surface area (Å²) in [4.78, 5) is 14.8. The van der Waals surface area contributed by atoms with E-state index in [9.17, 15) is 18.0 Å². The summed E-state index contributed by atoms with van der Waals surface area (Å²) in [6.07, 6.45) is 0.564. The van der Waals surface area contributed by atoms with Gasteiger partial charge >= 0.3 is 6.01 Å². The molecule has 1 fully saturated rings. The number of benzene rings is 2. The molecule has 1 aliphatic rings. The van der Waals surface area contributed by atoms with E-state index in [1.807, 2.05) is 0 Å². The van der Waals surface area contributed by atoms with Gasteiger partial charge < -0.3 is 20.0 Å². The molecular weight excluding hydrogens is 399 g/mol. The van der Waals surface area contributed by atoms with Crippen LogP contribution in [0.15, 0.2) is 40.8 Å². The zero-order valence-corrected chi connectivity index (χ0v) is 15.3. The number of amides is 1. The van der Waals surface area contributed by atoms with Crippen molar-refractivity contribution in [3.8, 4) is 22.7 Å². The minimum Gasteiger partial charge on any atom is -0.403 e. The second-order valence-corrected chi connectivity index (χ2v) is 6.88. The number of hydrogen-bond donors (Lipinski definition) is 3. The van der Waals surface area contributed by atoms with Gasteiger partial charge in [0.1, 0.15) is 11.9 Å². The molecule has 10 heteroatoms. The van der Waals surface area contributed by atoms with Gasteiger partial charge in [0.15, 0.2) is 11.6 Å². The first-order valence-electron chi connectivity index (χ1n) is 9.14. The number of carbonyl (C=O) groups excluding carboxylic acids is 1. The van der Waals surface area contributed by atoms with Crippen LogP contribution in [0.4, 0.5) is 19.2 Å². The zero-order valence-electron chi connectivity index (χ0n) is 15.3. The number of rotatable bonds is 4. The minimum atomic E-state index is -1.03. The van der Waals surface area contributed by atoms with Gasteiger partial charge in [-0.05, 0) is 42.3 Å². The number of anilines is 1. The van der Waals surface area contributed by atoms with Crippen molar-refractivity contribution in [3.63, 3.8) is 0 Å². The van der Waals surface area contributed by atoms with Crippen LogP contribution in [0, 0.1) is 17.5 Å². The third-order valence-corrected chi connectivity index (χ3v) is 4.96. The Hall–Kier alpha value is -3.82. The average molecular weight is 413 g/mol. The van der Waals surface area contributed by atoms with E-state index in [0.29, 0.717) is 40.7 Å². The van der Waals surface area contributed by atoms with Crippen molar-refractivity contribution in [1.82, 2.24) is 20.5 Å². The first-order valence-corrected chi connectivity index (χ1v) is 9.14. The summed E-state index contributed by atoms with van der Waals surface area (Å²) in [6, 6.07) is 7.17. The van der Waals surface area contributed by atoms with Crippen molar-refractivity contribution >= 4 is 22.8 Å². The molecule has 7 nitrogen and oxygen atoms in total.